The molecule has 2 aromatic heterocycles. The molecule has 4 heterocycles. The number of rotatable bonds is 2. The first kappa shape index (κ1) is 19.3. The van der Waals surface area contributed by atoms with E-state index in [1.54, 1.807) is 0 Å². The van der Waals surface area contributed by atoms with Gasteiger partial charge < -0.3 is 10.2 Å². The van der Waals surface area contributed by atoms with E-state index in [9.17, 15) is 4.39 Å². The molecular weight excluding hydrogens is 373 g/mol. The van der Waals surface area contributed by atoms with Crippen molar-refractivity contribution in [2.24, 2.45) is 0 Å². The minimum Gasteiger partial charge on any atom is -0.350 e. The van der Waals surface area contributed by atoms with Crippen molar-refractivity contribution in [3.05, 3.63) is 23.2 Å². The fourth-order valence-electron chi connectivity index (χ4n) is 3.37. The molecule has 0 radical (unpaired) electrons. The van der Waals surface area contributed by atoms with Crippen molar-refractivity contribution < 1.29 is 4.39 Å². The molecule has 8 heteroatoms. The van der Waals surface area contributed by atoms with Gasteiger partial charge in [0.1, 0.15) is 11.3 Å². The van der Waals surface area contributed by atoms with Crippen LogP contribution in [-0.4, -0.2) is 46.4 Å². The van der Waals surface area contributed by atoms with E-state index in [-0.39, 0.29) is 16.7 Å². The Morgan fingerprint density at radius 1 is 1.35 bits per heavy atom. The predicted molar refractivity (Wildman–Crippen MR) is 108 cm³/mol. The Kier molecular flexibility index (Phi) is 5.99. The zero-order valence-electron chi connectivity index (χ0n) is 15.3. The first-order chi connectivity index (χ1) is 12.6. The number of piperazine rings is 1. The van der Waals surface area contributed by atoms with Gasteiger partial charge >= 0.3 is 0 Å². The summed E-state index contributed by atoms with van der Waals surface area (Å²) >= 11 is 7.52. The normalized spacial score (nSPS) is 18.9. The Hall–Kier alpha value is -1.44. The second-order valence-corrected chi connectivity index (χ2v) is 7.50. The van der Waals surface area contributed by atoms with Crippen molar-refractivity contribution in [1.29, 1.82) is 0 Å². The second-order valence-electron chi connectivity index (χ2n) is 5.91. The van der Waals surface area contributed by atoms with Crippen LogP contribution in [0.25, 0.3) is 16.5 Å². The smallest absolute Gasteiger partial charge is 0.190 e. The molecule has 2 aliphatic rings. The minimum atomic E-state index is -0.585. The molecule has 2 aliphatic heterocycles. The standard InChI is InChI=1S/C16H17ClFN5S.C2H6/c1-3-24-16-21-13-10-12(20-14(17)11(13)18)8(2)6-9-7-19-4-5-23(9)15(10)22-16;1-2/h9,19H,2-7H2,1H3;1-2H3. The molecule has 4 rings (SSSR count). The van der Waals surface area contributed by atoms with Gasteiger partial charge in [-0.3, -0.25) is 0 Å². The highest BCUT2D eigenvalue weighted by Crippen LogP contribution is 2.40. The first-order valence-corrected chi connectivity index (χ1v) is 10.3. The molecule has 0 aromatic carbocycles. The van der Waals surface area contributed by atoms with Crippen LogP contribution in [0.3, 0.4) is 0 Å². The van der Waals surface area contributed by atoms with Crippen LogP contribution < -0.4 is 10.2 Å². The molecule has 5 nitrogen and oxygen atoms in total. The summed E-state index contributed by atoms with van der Waals surface area (Å²) in [6, 6.07) is 0.222. The van der Waals surface area contributed by atoms with Crippen molar-refractivity contribution in [3.63, 3.8) is 0 Å². The maximum atomic E-state index is 14.7. The van der Waals surface area contributed by atoms with Gasteiger partial charge in [-0.25, -0.2) is 19.3 Å². The number of halogens is 2. The molecule has 2 aromatic rings. The van der Waals surface area contributed by atoms with Gasteiger partial charge in [-0.05, 0) is 17.7 Å². The van der Waals surface area contributed by atoms with Gasteiger partial charge in [0.2, 0.25) is 0 Å². The summed E-state index contributed by atoms with van der Waals surface area (Å²) in [7, 11) is 0. The summed E-state index contributed by atoms with van der Waals surface area (Å²) in [5.74, 6) is 0.980. The monoisotopic (exact) mass is 395 g/mol. The SMILES string of the molecule is C=C1CC2CNCCN2c2nc(SCC)nc3c(F)c(Cl)nc1c23.CC. The molecule has 1 unspecified atom stereocenters. The topological polar surface area (TPSA) is 53.9 Å². The fourth-order valence-corrected chi connectivity index (χ4v) is 4.11. The number of pyridine rings is 1. The van der Waals surface area contributed by atoms with Crippen molar-refractivity contribution in [2.45, 2.75) is 38.4 Å². The number of fused-ring (bicyclic) bond motifs is 2. The molecule has 1 fully saturated rings. The number of anilines is 1. The summed E-state index contributed by atoms with van der Waals surface area (Å²) in [5.41, 5.74) is 1.71. The van der Waals surface area contributed by atoms with Gasteiger partial charge in [-0.2, -0.15) is 0 Å². The van der Waals surface area contributed by atoms with E-state index in [0.717, 1.165) is 43.2 Å². The van der Waals surface area contributed by atoms with Gasteiger partial charge in [0.15, 0.2) is 16.1 Å². The Balaban J connectivity index is 0.000000948. The van der Waals surface area contributed by atoms with Crippen molar-refractivity contribution in [2.75, 3.05) is 30.3 Å². The van der Waals surface area contributed by atoms with Gasteiger partial charge in [0.05, 0.1) is 11.1 Å². The Morgan fingerprint density at radius 3 is 2.85 bits per heavy atom. The van der Waals surface area contributed by atoms with Gasteiger partial charge in [0, 0.05) is 25.7 Å². The van der Waals surface area contributed by atoms with E-state index in [1.807, 2.05) is 20.8 Å². The predicted octanol–water partition coefficient (Wildman–Crippen LogP) is 4.15. The maximum absolute atomic E-state index is 14.7. The Morgan fingerprint density at radius 2 is 2.12 bits per heavy atom. The third-order valence-corrected chi connectivity index (χ3v) is 5.40. The van der Waals surface area contributed by atoms with Crippen LogP contribution in [0.2, 0.25) is 5.15 Å². The molecule has 0 spiro atoms. The summed E-state index contributed by atoms with van der Waals surface area (Å²) in [5, 5.41) is 4.44. The molecule has 1 N–H and O–H groups in total. The number of thioether (sulfide) groups is 1. The maximum Gasteiger partial charge on any atom is 0.190 e. The van der Waals surface area contributed by atoms with E-state index in [1.165, 1.54) is 11.8 Å². The molecular formula is C18H23ClFN5S. The fraction of sp³-hybridized carbons (Fsp3) is 0.500. The van der Waals surface area contributed by atoms with Crippen LogP contribution >= 0.6 is 23.4 Å². The number of nitrogens with one attached hydrogen (secondary N) is 1. The van der Waals surface area contributed by atoms with Crippen molar-refractivity contribution in [3.8, 4) is 0 Å². The molecule has 0 saturated carbocycles. The quantitative estimate of drug-likeness (QED) is 0.468. The van der Waals surface area contributed by atoms with E-state index in [0.29, 0.717) is 16.2 Å². The summed E-state index contributed by atoms with van der Waals surface area (Å²) in [6.07, 6.45) is 0.740. The summed E-state index contributed by atoms with van der Waals surface area (Å²) in [4.78, 5) is 15.6. The lowest BCUT2D eigenvalue weighted by Crippen LogP contribution is -2.51. The van der Waals surface area contributed by atoms with E-state index < -0.39 is 5.82 Å². The second kappa shape index (κ2) is 8.06. The molecule has 0 aliphatic carbocycles. The minimum absolute atomic E-state index is 0.159. The zero-order valence-corrected chi connectivity index (χ0v) is 16.8. The van der Waals surface area contributed by atoms with Crippen molar-refractivity contribution in [1.82, 2.24) is 20.3 Å². The van der Waals surface area contributed by atoms with E-state index in [4.69, 9.17) is 16.6 Å². The van der Waals surface area contributed by atoms with Gasteiger partial charge in [-0.1, -0.05) is 50.7 Å². The largest absolute Gasteiger partial charge is 0.350 e. The van der Waals surface area contributed by atoms with Crippen LogP contribution in [0.1, 0.15) is 32.9 Å². The van der Waals surface area contributed by atoms with Crippen LogP contribution in [0, 0.1) is 5.82 Å². The molecule has 1 saturated heterocycles. The Labute approximate surface area is 162 Å². The lowest BCUT2D eigenvalue weighted by atomic mass is 10.0. The number of nitrogens with zero attached hydrogens (tertiary/aromatic N) is 4. The third-order valence-electron chi connectivity index (χ3n) is 4.42. The van der Waals surface area contributed by atoms with E-state index in [2.05, 4.69) is 26.8 Å². The molecule has 0 bridgehead atoms. The van der Waals surface area contributed by atoms with Crippen molar-refractivity contribution >= 4 is 45.7 Å². The van der Waals surface area contributed by atoms with Gasteiger partial charge in [-0.15, -0.1) is 0 Å². The highest BCUT2D eigenvalue weighted by Gasteiger charge is 2.33. The van der Waals surface area contributed by atoms with Crippen LogP contribution in [0.4, 0.5) is 10.2 Å². The Bertz CT molecular complexity index is 844. The zero-order chi connectivity index (χ0) is 18.8. The third kappa shape index (κ3) is 3.28. The lowest BCUT2D eigenvalue weighted by Gasteiger charge is -2.36. The van der Waals surface area contributed by atoms with Crippen LogP contribution in [-0.2, 0) is 0 Å². The lowest BCUT2D eigenvalue weighted by molar-refractivity contribution is 0.480. The summed E-state index contributed by atoms with van der Waals surface area (Å²) in [6.45, 7) is 12.7. The molecule has 1 atom stereocenters. The average Bonchev–Trinajstić information content (AvgIpc) is 2.77. The number of hydrogen-bond donors (Lipinski definition) is 1. The average molecular weight is 396 g/mol. The van der Waals surface area contributed by atoms with Gasteiger partial charge in [0.25, 0.3) is 0 Å². The number of aromatic nitrogens is 3. The van der Waals surface area contributed by atoms with E-state index >= 15 is 0 Å². The molecule has 0 amide bonds. The molecule has 26 heavy (non-hydrogen) atoms. The highest BCUT2D eigenvalue weighted by atomic mass is 35.5. The highest BCUT2D eigenvalue weighted by molar-refractivity contribution is 7.99. The molecule has 140 valence electrons. The number of hydrogen-bond acceptors (Lipinski definition) is 6. The first-order valence-electron chi connectivity index (χ1n) is 8.95. The van der Waals surface area contributed by atoms with Crippen LogP contribution in [0.15, 0.2) is 11.7 Å². The summed E-state index contributed by atoms with van der Waals surface area (Å²) < 4.78 is 14.7. The van der Waals surface area contributed by atoms with Crippen LogP contribution in [0.5, 0.6) is 0 Å².